The van der Waals surface area contributed by atoms with Crippen molar-refractivity contribution in [3.8, 4) is 17.4 Å². The largest absolute Gasteiger partial charge is 0.479 e. The first kappa shape index (κ1) is 16.4. The van der Waals surface area contributed by atoms with Gasteiger partial charge in [-0.3, -0.25) is 0 Å². The lowest BCUT2D eigenvalue weighted by molar-refractivity contribution is -0.147. The predicted molar refractivity (Wildman–Crippen MR) is 82.9 cm³/mol. The Labute approximate surface area is 137 Å². The summed E-state index contributed by atoms with van der Waals surface area (Å²) in [5, 5.41) is 0.599. The average molecular weight is 342 g/mol. The van der Waals surface area contributed by atoms with Crippen molar-refractivity contribution < 1.29 is 19.0 Å². The van der Waals surface area contributed by atoms with Crippen LogP contribution in [0.3, 0.4) is 0 Å². The molecule has 1 unspecified atom stereocenters. The number of benzene rings is 1. The van der Waals surface area contributed by atoms with Crippen LogP contribution in [-0.2, 0) is 9.53 Å². The van der Waals surface area contributed by atoms with E-state index in [4.69, 9.17) is 32.7 Å². The number of aromatic nitrogens is 1. The van der Waals surface area contributed by atoms with Crippen LogP contribution in [0.25, 0.3) is 0 Å². The first-order chi connectivity index (χ1) is 10.5. The number of hydrogen-bond donors (Lipinski definition) is 0. The summed E-state index contributed by atoms with van der Waals surface area (Å²) < 4.78 is 15.6. The molecule has 0 fully saturated rings. The molecule has 5 nitrogen and oxygen atoms in total. The minimum absolute atomic E-state index is 0.214. The maximum atomic E-state index is 11.3. The van der Waals surface area contributed by atoms with E-state index in [1.807, 2.05) is 0 Å². The highest BCUT2D eigenvalue weighted by Crippen LogP contribution is 2.32. The van der Waals surface area contributed by atoms with E-state index in [9.17, 15) is 4.79 Å². The molecule has 0 spiro atoms. The Morgan fingerprint density at radius 3 is 2.41 bits per heavy atom. The zero-order chi connectivity index (χ0) is 16.1. The number of hydrogen-bond acceptors (Lipinski definition) is 5. The fourth-order valence-electron chi connectivity index (χ4n) is 1.59. The molecule has 7 heteroatoms. The van der Waals surface area contributed by atoms with Gasteiger partial charge in [0.05, 0.1) is 12.1 Å². The predicted octanol–water partition coefficient (Wildman–Crippen LogP) is 4.12. The molecule has 0 saturated heterocycles. The van der Waals surface area contributed by atoms with Gasteiger partial charge in [0.2, 0.25) is 5.88 Å². The van der Waals surface area contributed by atoms with Gasteiger partial charge in [-0.05, 0) is 37.3 Å². The van der Waals surface area contributed by atoms with Gasteiger partial charge >= 0.3 is 5.97 Å². The topological polar surface area (TPSA) is 57.7 Å². The zero-order valence-corrected chi connectivity index (χ0v) is 13.4. The number of carbonyl (C=O) groups is 1. The molecule has 0 aliphatic carbocycles. The van der Waals surface area contributed by atoms with E-state index in [2.05, 4.69) is 9.72 Å². The van der Waals surface area contributed by atoms with Gasteiger partial charge in [0, 0.05) is 6.20 Å². The van der Waals surface area contributed by atoms with Gasteiger partial charge in [-0.1, -0.05) is 23.2 Å². The third-order valence-electron chi connectivity index (χ3n) is 2.69. The monoisotopic (exact) mass is 341 g/mol. The second kappa shape index (κ2) is 7.33. The fraction of sp³-hybridized carbons (Fsp3) is 0.200. The van der Waals surface area contributed by atoms with Gasteiger partial charge in [-0.15, -0.1) is 0 Å². The van der Waals surface area contributed by atoms with Crippen molar-refractivity contribution in [3.63, 3.8) is 0 Å². The Kier molecular flexibility index (Phi) is 5.46. The standard InChI is InChI=1S/C15H13Cl2NO4/c1-9(15(19)20-2)21-10-3-5-11(6-4-10)22-14-13(17)12(16)7-8-18-14/h3-9H,1-2H3. The van der Waals surface area contributed by atoms with Crippen molar-refractivity contribution in [3.05, 3.63) is 46.6 Å². The Hall–Kier alpha value is -1.98. The Morgan fingerprint density at radius 2 is 1.77 bits per heavy atom. The van der Waals surface area contributed by atoms with Crippen LogP contribution in [0.5, 0.6) is 17.4 Å². The van der Waals surface area contributed by atoms with Gasteiger partial charge in [0.1, 0.15) is 16.5 Å². The highest BCUT2D eigenvalue weighted by atomic mass is 35.5. The van der Waals surface area contributed by atoms with Gasteiger partial charge in [0.25, 0.3) is 0 Å². The molecule has 2 aromatic rings. The highest BCUT2D eigenvalue weighted by molar-refractivity contribution is 6.42. The first-order valence-electron chi connectivity index (χ1n) is 6.33. The van der Waals surface area contributed by atoms with Crippen LogP contribution < -0.4 is 9.47 Å². The molecule has 116 valence electrons. The molecule has 0 amide bonds. The van der Waals surface area contributed by atoms with E-state index in [0.717, 1.165) is 0 Å². The molecular weight excluding hydrogens is 329 g/mol. The third kappa shape index (κ3) is 4.02. The van der Waals surface area contributed by atoms with Gasteiger partial charge in [-0.25, -0.2) is 9.78 Å². The summed E-state index contributed by atoms with van der Waals surface area (Å²) in [7, 11) is 1.31. The van der Waals surface area contributed by atoms with E-state index in [1.165, 1.54) is 13.3 Å². The molecule has 0 bridgehead atoms. The molecular formula is C15H13Cl2NO4. The summed E-state index contributed by atoms with van der Waals surface area (Å²) in [5.41, 5.74) is 0. The molecule has 0 saturated carbocycles. The van der Waals surface area contributed by atoms with Crippen LogP contribution in [-0.4, -0.2) is 24.2 Å². The second-order valence-corrected chi connectivity index (χ2v) is 5.05. The molecule has 0 N–H and O–H groups in total. The summed E-state index contributed by atoms with van der Waals surface area (Å²) in [5.74, 6) is 0.783. The molecule has 0 aliphatic rings. The number of carbonyl (C=O) groups excluding carboxylic acids is 1. The molecule has 0 aliphatic heterocycles. The maximum absolute atomic E-state index is 11.3. The van der Waals surface area contributed by atoms with Crippen LogP contribution in [0.15, 0.2) is 36.5 Å². The first-order valence-corrected chi connectivity index (χ1v) is 7.09. The molecule has 2 rings (SSSR count). The summed E-state index contributed by atoms with van der Waals surface area (Å²) in [6.07, 6.45) is 0.805. The van der Waals surface area contributed by atoms with Gasteiger partial charge in [0.15, 0.2) is 6.10 Å². The number of ether oxygens (including phenoxy) is 3. The van der Waals surface area contributed by atoms with Gasteiger partial charge < -0.3 is 14.2 Å². The van der Waals surface area contributed by atoms with E-state index < -0.39 is 12.1 Å². The maximum Gasteiger partial charge on any atom is 0.346 e. The Morgan fingerprint density at radius 1 is 1.14 bits per heavy atom. The van der Waals surface area contributed by atoms with Crippen LogP contribution in [0.2, 0.25) is 10.0 Å². The summed E-state index contributed by atoms with van der Waals surface area (Å²) in [6.45, 7) is 1.60. The summed E-state index contributed by atoms with van der Waals surface area (Å²) in [6, 6.07) is 8.22. The third-order valence-corrected chi connectivity index (χ3v) is 3.47. The lowest BCUT2D eigenvalue weighted by atomic mass is 10.3. The quantitative estimate of drug-likeness (QED) is 0.765. The van der Waals surface area contributed by atoms with Crippen molar-refractivity contribution in [1.29, 1.82) is 0 Å². The van der Waals surface area contributed by atoms with Crippen molar-refractivity contribution in [2.75, 3.05) is 7.11 Å². The fourth-order valence-corrected chi connectivity index (χ4v) is 1.88. The SMILES string of the molecule is COC(=O)C(C)Oc1ccc(Oc2nccc(Cl)c2Cl)cc1. The lowest BCUT2D eigenvalue weighted by Gasteiger charge is -2.13. The zero-order valence-electron chi connectivity index (χ0n) is 11.9. The van der Waals surface area contributed by atoms with E-state index in [0.29, 0.717) is 16.5 Å². The number of halogens is 2. The van der Waals surface area contributed by atoms with Crippen molar-refractivity contribution in [2.45, 2.75) is 13.0 Å². The number of esters is 1. The van der Waals surface area contributed by atoms with Crippen molar-refractivity contribution in [2.24, 2.45) is 0 Å². The normalized spacial score (nSPS) is 11.6. The smallest absolute Gasteiger partial charge is 0.346 e. The van der Waals surface area contributed by atoms with E-state index in [1.54, 1.807) is 37.3 Å². The van der Waals surface area contributed by atoms with Gasteiger partial charge in [-0.2, -0.15) is 0 Å². The van der Waals surface area contributed by atoms with Crippen molar-refractivity contribution in [1.82, 2.24) is 4.98 Å². The van der Waals surface area contributed by atoms with Crippen LogP contribution in [0, 0.1) is 0 Å². The minimum atomic E-state index is -0.694. The molecule has 1 atom stereocenters. The number of pyridine rings is 1. The molecule has 0 radical (unpaired) electrons. The molecule has 1 aromatic heterocycles. The lowest BCUT2D eigenvalue weighted by Crippen LogP contribution is -2.24. The molecule has 1 heterocycles. The van der Waals surface area contributed by atoms with Crippen LogP contribution in [0.4, 0.5) is 0 Å². The van der Waals surface area contributed by atoms with E-state index >= 15 is 0 Å². The number of nitrogens with zero attached hydrogens (tertiary/aromatic N) is 1. The Balaban J connectivity index is 2.06. The average Bonchev–Trinajstić information content (AvgIpc) is 2.52. The number of rotatable bonds is 5. The molecule has 1 aromatic carbocycles. The minimum Gasteiger partial charge on any atom is -0.479 e. The summed E-state index contributed by atoms with van der Waals surface area (Å²) in [4.78, 5) is 15.3. The number of methoxy groups -OCH3 is 1. The Bertz CT molecular complexity index is 661. The van der Waals surface area contributed by atoms with Crippen molar-refractivity contribution >= 4 is 29.2 Å². The van der Waals surface area contributed by atoms with Crippen LogP contribution >= 0.6 is 23.2 Å². The molecule has 22 heavy (non-hydrogen) atoms. The van der Waals surface area contributed by atoms with E-state index in [-0.39, 0.29) is 10.9 Å². The van der Waals surface area contributed by atoms with Crippen LogP contribution in [0.1, 0.15) is 6.92 Å². The second-order valence-electron chi connectivity index (χ2n) is 4.27. The highest BCUT2D eigenvalue weighted by Gasteiger charge is 2.15. The summed E-state index contributed by atoms with van der Waals surface area (Å²) >= 11 is 11.9.